The van der Waals surface area contributed by atoms with Gasteiger partial charge in [-0.05, 0) is 6.92 Å². The number of nitrogens with one attached hydrogen (secondary N) is 6. The molecule has 216 valence electrons. The molecule has 0 rings (SSSR count). The van der Waals surface area contributed by atoms with Gasteiger partial charge in [0.15, 0.2) is 0 Å². The molecular weight excluding hydrogens is 518 g/mol. The van der Waals surface area contributed by atoms with Crippen LogP contribution in [0.3, 0.4) is 0 Å². The average Bonchev–Trinajstić information content (AvgIpc) is 2.88. The summed E-state index contributed by atoms with van der Waals surface area (Å²) >= 11 is 0. The summed E-state index contributed by atoms with van der Waals surface area (Å²) in [6.07, 6.45) is -1.59. The Hall–Kier alpha value is -3.91. The molecule has 38 heavy (non-hydrogen) atoms. The zero-order chi connectivity index (χ0) is 29.4. The van der Waals surface area contributed by atoms with Crippen molar-refractivity contribution in [2.24, 2.45) is 5.73 Å². The molecule has 0 unspecified atom stereocenters. The number of nitrogens with two attached hydrogens (primary N) is 1. The van der Waals surface area contributed by atoms with Crippen molar-refractivity contribution >= 4 is 41.4 Å². The third-order valence-corrected chi connectivity index (χ3v) is 4.57. The molecule has 6 amide bonds. The third-order valence-electron chi connectivity index (χ3n) is 4.57. The normalized spacial score (nSPS) is 14.5. The first-order chi connectivity index (χ1) is 17.8. The van der Waals surface area contributed by atoms with Crippen LogP contribution in [0.5, 0.6) is 0 Å². The van der Waals surface area contributed by atoms with Gasteiger partial charge in [0, 0.05) is 0 Å². The van der Waals surface area contributed by atoms with Gasteiger partial charge in [0.2, 0.25) is 35.4 Å². The van der Waals surface area contributed by atoms with Crippen molar-refractivity contribution < 1.29 is 59.1 Å². The van der Waals surface area contributed by atoms with Crippen molar-refractivity contribution in [2.75, 3.05) is 39.5 Å². The van der Waals surface area contributed by atoms with E-state index in [9.17, 15) is 54.0 Å². The van der Waals surface area contributed by atoms with E-state index in [0.717, 1.165) is 6.92 Å². The number of hydrogen-bond acceptors (Lipinski definition) is 12. The van der Waals surface area contributed by atoms with Gasteiger partial charge < -0.3 is 63.2 Å². The first kappa shape index (κ1) is 34.1. The van der Waals surface area contributed by atoms with Crippen LogP contribution in [0.2, 0.25) is 0 Å². The van der Waals surface area contributed by atoms with Gasteiger partial charge in [-0.15, -0.1) is 0 Å². The Morgan fingerprint density at radius 1 is 0.658 bits per heavy atom. The summed E-state index contributed by atoms with van der Waals surface area (Å²) in [5.41, 5.74) is 5.11. The molecule has 0 bridgehead atoms. The fourth-order valence-corrected chi connectivity index (χ4v) is 2.56. The number of aliphatic hydroxyl groups is 4. The molecule has 13 N–H and O–H groups in total. The molecule has 0 aliphatic heterocycles. The van der Waals surface area contributed by atoms with Crippen LogP contribution in [0.15, 0.2) is 0 Å². The van der Waals surface area contributed by atoms with Gasteiger partial charge in [0.05, 0.1) is 39.0 Å². The van der Waals surface area contributed by atoms with Crippen LogP contribution in [0, 0.1) is 0 Å². The second-order valence-electron chi connectivity index (χ2n) is 7.61. The minimum Gasteiger partial charge on any atom is -0.480 e. The lowest BCUT2D eigenvalue weighted by Gasteiger charge is -2.26. The zero-order valence-electron chi connectivity index (χ0n) is 20.3. The molecule has 0 aliphatic rings. The van der Waals surface area contributed by atoms with Crippen molar-refractivity contribution in [2.45, 2.75) is 37.2 Å². The predicted octanol–water partition coefficient (Wildman–Crippen LogP) is -8.44. The van der Waals surface area contributed by atoms with E-state index in [0.29, 0.717) is 0 Å². The number of aliphatic hydroxyl groups excluding tert-OH is 4. The van der Waals surface area contributed by atoms with Crippen molar-refractivity contribution in [1.82, 2.24) is 31.9 Å². The molecule has 19 heteroatoms. The van der Waals surface area contributed by atoms with Crippen molar-refractivity contribution in [3.8, 4) is 0 Å². The van der Waals surface area contributed by atoms with Gasteiger partial charge >= 0.3 is 5.97 Å². The molecule has 5 atom stereocenters. The molecule has 0 spiro atoms. The lowest BCUT2D eigenvalue weighted by atomic mass is 10.1. The summed E-state index contributed by atoms with van der Waals surface area (Å²) in [7, 11) is 0. The smallest absolute Gasteiger partial charge is 0.322 e. The number of amides is 6. The third kappa shape index (κ3) is 12.4. The maximum atomic E-state index is 12.6. The Morgan fingerprint density at radius 3 is 1.61 bits per heavy atom. The van der Waals surface area contributed by atoms with E-state index < -0.39 is 111 Å². The number of carboxylic acid groups (broad SMARTS) is 1. The summed E-state index contributed by atoms with van der Waals surface area (Å²) in [5, 5.41) is 58.8. The second-order valence-corrected chi connectivity index (χ2v) is 7.61. The quantitative estimate of drug-likeness (QED) is 0.0800. The van der Waals surface area contributed by atoms with Crippen LogP contribution in [0.25, 0.3) is 0 Å². The minimum atomic E-state index is -1.76. The lowest BCUT2D eigenvalue weighted by Crippen LogP contribution is -2.62. The molecule has 0 saturated heterocycles. The number of hydrogen-bond donors (Lipinski definition) is 12. The molecule has 0 fully saturated rings. The van der Waals surface area contributed by atoms with E-state index in [2.05, 4.69) is 5.32 Å². The monoisotopic (exact) mass is 551 g/mol. The maximum absolute atomic E-state index is 12.6. The Bertz CT molecular complexity index is 869. The van der Waals surface area contributed by atoms with Crippen LogP contribution in [0.4, 0.5) is 0 Å². The SMILES string of the molecule is C[C@@H](O)[C@H](NC(=O)[C@H](CO)NC(=O)[C@H](CO)NC(=O)CN)C(=O)N[C@@H](CO)C(=O)NCC(=O)NCC(=O)O. The van der Waals surface area contributed by atoms with E-state index in [4.69, 9.17) is 10.8 Å². The first-order valence-corrected chi connectivity index (χ1v) is 11.0. The number of carboxylic acids is 1. The van der Waals surface area contributed by atoms with Crippen LogP contribution in [0.1, 0.15) is 6.92 Å². The number of carbonyl (C=O) groups is 7. The van der Waals surface area contributed by atoms with E-state index in [1.807, 2.05) is 26.6 Å². The summed E-state index contributed by atoms with van der Waals surface area (Å²) in [6.45, 7) is -3.65. The Kier molecular flexibility index (Phi) is 15.7. The minimum absolute atomic E-state index is 0.496. The molecule has 19 nitrogen and oxygen atoms in total. The zero-order valence-corrected chi connectivity index (χ0v) is 20.3. The lowest BCUT2D eigenvalue weighted by molar-refractivity contribution is -0.138. The van der Waals surface area contributed by atoms with E-state index in [1.54, 1.807) is 0 Å². The molecule has 0 heterocycles. The Labute approximate surface area is 215 Å². The van der Waals surface area contributed by atoms with Gasteiger partial charge in [-0.3, -0.25) is 33.6 Å². The van der Waals surface area contributed by atoms with Gasteiger partial charge in [-0.25, -0.2) is 0 Å². The molecule has 0 radical (unpaired) electrons. The predicted molar refractivity (Wildman–Crippen MR) is 123 cm³/mol. The highest BCUT2D eigenvalue weighted by molar-refractivity contribution is 5.96. The van der Waals surface area contributed by atoms with Crippen molar-refractivity contribution in [3.05, 3.63) is 0 Å². The summed E-state index contributed by atoms with van der Waals surface area (Å²) < 4.78 is 0. The molecule has 0 aromatic rings. The van der Waals surface area contributed by atoms with Crippen LogP contribution >= 0.6 is 0 Å². The van der Waals surface area contributed by atoms with Gasteiger partial charge in [0.1, 0.15) is 30.7 Å². The van der Waals surface area contributed by atoms with E-state index in [-0.39, 0.29) is 0 Å². The maximum Gasteiger partial charge on any atom is 0.322 e. The van der Waals surface area contributed by atoms with Crippen LogP contribution in [-0.2, 0) is 33.6 Å². The fourth-order valence-electron chi connectivity index (χ4n) is 2.56. The first-order valence-electron chi connectivity index (χ1n) is 11.0. The van der Waals surface area contributed by atoms with Gasteiger partial charge in [0.25, 0.3) is 0 Å². The number of rotatable bonds is 17. The molecule has 0 aromatic carbocycles. The molecule has 0 aliphatic carbocycles. The second kappa shape index (κ2) is 17.5. The average molecular weight is 552 g/mol. The van der Waals surface area contributed by atoms with Gasteiger partial charge in [-0.1, -0.05) is 0 Å². The van der Waals surface area contributed by atoms with Crippen LogP contribution in [-0.4, -0.2) is 137 Å². The van der Waals surface area contributed by atoms with E-state index in [1.165, 1.54) is 0 Å². The largest absolute Gasteiger partial charge is 0.480 e. The Balaban J connectivity index is 5.20. The van der Waals surface area contributed by atoms with E-state index >= 15 is 0 Å². The summed E-state index contributed by atoms with van der Waals surface area (Å²) in [6, 6.07) is -6.64. The molecular formula is C19H33N7O12. The molecule has 0 saturated carbocycles. The highest BCUT2D eigenvalue weighted by Crippen LogP contribution is 1.98. The van der Waals surface area contributed by atoms with Crippen LogP contribution < -0.4 is 37.6 Å². The number of aliphatic carboxylic acids is 1. The summed E-state index contributed by atoms with van der Waals surface area (Å²) in [5.74, 6) is -7.48. The van der Waals surface area contributed by atoms with Crippen molar-refractivity contribution in [1.29, 1.82) is 0 Å². The van der Waals surface area contributed by atoms with Gasteiger partial charge in [-0.2, -0.15) is 0 Å². The number of carbonyl (C=O) groups excluding carboxylic acids is 6. The topological polar surface area (TPSA) is 319 Å². The fraction of sp³-hybridized carbons (Fsp3) is 0.632. The van der Waals surface area contributed by atoms with Crippen molar-refractivity contribution in [3.63, 3.8) is 0 Å². The molecule has 0 aromatic heterocycles. The Morgan fingerprint density at radius 2 is 1.13 bits per heavy atom. The summed E-state index contributed by atoms with van der Waals surface area (Å²) in [4.78, 5) is 82.8. The highest BCUT2D eigenvalue weighted by atomic mass is 16.4. The standard InChI is InChI=1S/C19H33N7O12/c1-8(30)15(19(38)25-9(5-27)16(35)22-3-13(32)21-4-14(33)34)26-18(37)11(7-29)24-17(36)10(6-28)23-12(31)2-20/h8-11,15,27-30H,2-7,20H2,1H3,(H,21,32)(H,22,35)(H,23,31)(H,24,36)(H,25,38)(H,26,37)(H,33,34)/t8-,9+,10+,11+,15+/m1/s1. The highest BCUT2D eigenvalue weighted by Gasteiger charge is 2.33.